The molecule has 0 spiro atoms. The Morgan fingerprint density at radius 2 is 1.84 bits per heavy atom. The smallest absolute Gasteiger partial charge is 0.308 e. The molecule has 1 fully saturated rings. The van der Waals surface area contributed by atoms with Gasteiger partial charge in [-0.3, -0.25) is 14.4 Å². The van der Waals surface area contributed by atoms with Crippen molar-refractivity contribution in [3.8, 4) is 11.5 Å². The molecule has 2 N–H and O–H groups in total. The van der Waals surface area contributed by atoms with Gasteiger partial charge in [-0.15, -0.1) is 0 Å². The first-order chi connectivity index (χ1) is 12.0. The summed E-state index contributed by atoms with van der Waals surface area (Å²) in [7, 11) is 0. The summed E-state index contributed by atoms with van der Waals surface area (Å²) in [6.07, 6.45) is 0.275. The van der Waals surface area contributed by atoms with Gasteiger partial charge in [-0.2, -0.15) is 0 Å². The minimum atomic E-state index is -0.955. The van der Waals surface area contributed by atoms with Gasteiger partial charge < -0.3 is 24.6 Å². The molecule has 1 aromatic rings. The number of carbonyl (C=O) groups excluding carboxylic acids is 1. The molecule has 134 valence electrons. The van der Waals surface area contributed by atoms with Crippen molar-refractivity contribution < 1.29 is 34.1 Å². The number of likely N-dealkylation sites (tertiary alicyclic amines) is 1. The van der Waals surface area contributed by atoms with E-state index in [4.69, 9.17) is 14.6 Å². The summed E-state index contributed by atoms with van der Waals surface area (Å²) < 4.78 is 10.6. The number of nitrogens with zero attached hydrogens (tertiary/aromatic N) is 1. The van der Waals surface area contributed by atoms with Crippen LogP contribution in [0.15, 0.2) is 18.2 Å². The van der Waals surface area contributed by atoms with Crippen LogP contribution in [0.5, 0.6) is 11.5 Å². The molecule has 0 saturated carbocycles. The topological polar surface area (TPSA) is 113 Å². The molecule has 0 bridgehead atoms. The molecule has 25 heavy (non-hydrogen) atoms. The normalized spacial score (nSPS) is 21.4. The molecule has 8 heteroatoms. The molecule has 0 unspecified atom stereocenters. The minimum Gasteiger partial charge on any atom is -0.481 e. The molecule has 2 aliphatic heterocycles. The van der Waals surface area contributed by atoms with Gasteiger partial charge in [-0.1, -0.05) is 6.07 Å². The molecule has 2 aliphatic rings. The van der Waals surface area contributed by atoms with Crippen LogP contribution in [0, 0.1) is 5.92 Å². The van der Waals surface area contributed by atoms with Crippen LogP contribution < -0.4 is 9.47 Å². The van der Waals surface area contributed by atoms with E-state index in [1.165, 1.54) is 4.90 Å². The molecular formula is C17H19NO7. The lowest BCUT2D eigenvalue weighted by Gasteiger charge is -2.16. The van der Waals surface area contributed by atoms with Crippen molar-refractivity contribution in [3.63, 3.8) is 0 Å². The molecule has 8 nitrogen and oxygen atoms in total. The van der Waals surface area contributed by atoms with Gasteiger partial charge in [0.25, 0.3) is 0 Å². The zero-order chi connectivity index (χ0) is 18.0. The van der Waals surface area contributed by atoms with Crippen LogP contribution in [0.4, 0.5) is 0 Å². The van der Waals surface area contributed by atoms with E-state index >= 15 is 0 Å². The second-order valence-electron chi connectivity index (χ2n) is 6.21. The molecule has 0 radical (unpaired) electrons. The van der Waals surface area contributed by atoms with Gasteiger partial charge in [0.05, 0.1) is 5.92 Å². The Hall–Kier alpha value is -2.77. The summed E-state index contributed by atoms with van der Waals surface area (Å²) in [4.78, 5) is 35.9. The number of carboxylic acid groups (broad SMARTS) is 2. The van der Waals surface area contributed by atoms with Crippen LogP contribution in [0.2, 0.25) is 0 Å². The summed E-state index contributed by atoms with van der Waals surface area (Å²) in [5, 5.41) is 18.2. The van der Waals surface area contributed by atoms with Crippen molar-refractivity contribution in [1.82, 2.24) is 4.90 Å². The predicted octanol–water partition coefficient (Wildman–Crippen LogP) is 1.30. The van der Waals surface area contributed by atoms with Gasteiger partial charge in [0.2, 0.25) is 12.7 Å². The fourth-order valence-corrected chi connectivity index (χ4v) is 3.29. The third kappa shape index (κ3) is 3.67. The van der Waals surface area contributed by atoms with E-state index in [0.717, 1.165) is 5.56 Å². The van der Waals surface area contributed by atoms with Crippen molar-refractivity contribution in [2.45, 2.75) is 25.2 Å². The van der Waals surface area contributed by atoms with E-state index in [-0.39, 0.29) is 44.4 Å². The number of carbonyl (C=O) groups is 3. The van der Waals surface area contributed by atoms with E-state index in [1.54, 1.807) is 18.2 Å². The average Bonchev–Trinajstić information content (AvgIpc) is 3.20. The molecule has 1 amide bonds. The second-order valence-corrected chi connectivity index (χ2v) is 6.21. The van der Waals surface area contributed by atoms with Gasteiger partial charge in [-0.25, -0.2) is 0 Å². The van der Waals surface area contributed by atoms with E-state index in [2.05, 4.69) is 0 Å². The first-order valence-electron chi connectivity index (χ1n) is 8.07. The van der Waals surface area contributed by atoms with Crippen molar-refractivity contribution in [2.75, 3.05) is 19.9 Å². The number of benzene rings is 1. The van der Waals surface area contributed by atoms with Crippen molar-refractivity contribution in [2.24, 2.45) is 5.92 Å². The third-order valence-electron chi connectivity index (χ3n) is 4.60. The largest absolute Gasteiger partial charge is 0.481 e. The lowest BCUT2D eigenvalue weighted by atomic mass is 9.89. The monoisotopic (exact) mass is 349 g/mol. The number of amides is 1. The van der Waals surface area contributed by atoms with Gasteiger partial charge >= 0.3 is 11.9 Å². The lowest BCUT2D eigenvalue weighted by Crippen LogP contribution is -2.29. The van der Waals surface area contributed by atoms with Gasteiger partial charge in [0.15, 0.2) is 11.5 Å². The fraction of sp³-hybridized carbons (Fsp3) is 0.471. The molecule has 2 atom stereocenters. The van der Waals surface area contributed by atoms with E-state index in [9.17, 15) is 19.5 Å². The van der Waals surface area contributed by atoms with E-state index in [0.29, 0.717) is 18.0 Å². The van der Waals surface area contributed by atoms with Crippen LogP contribution in [0.3, 0.4) is 0 Å². The third-order valence-corrected chi connectivity index (χ3v) is 4.60. The highest BCUT2D eigenvalue weighted by atomic mass is 16.7. The number of fused-ring (bicyclic) bond motifs is 1. The van der Waals surface area contributed by atoms with Gasteiger partial charge in [0, 0.05) is 31.8 Å². The summed E-state index contributed by atoms with van der Waals surface area (Å²) in [5.41, 5.74) is 0.789. The highest BCUT2D eigenvalue weighted by Crippen LogP contribution is 2.39. The minimum absolute atomic E-state index is 0.0759. The maximum atomic E-state index is 12.3. The summed E-state index contributed by atoms with van der Waals surface area (Å²) in [6.45, 7) is 0.558. The van der Waals surface area contributed by atoms with Crippen LogP contribution in [-0.2, 0) is 14.4 Å². The van der Waals surface area contributed by atoms with Crippen LogP contribution >= 0.6 is 0 Å². The highest BCUT2D eigenvalue weighted by molar-refractivity contribution is 5.80. The van der Waals surface area contributed by atoms with Crippen molar-refractivity contribution in [3.05, 3.63) is 23.8 Å². The zero-order valence-electron chi connectivity index (χ0n) is 13.5. The van der Waals surface area contributed by atoms with E-state index < -0.39 is 17.9 Å². The number of aliphatic carboxylic acids is 2. The quantitative estimate of drug-likeness (QED) is 0.795. The maximum Gasteiger partial charge on any atom is 0.308 e. The Bertz CT molecular complexity index is 702. The van der Waals surface area contributed by atoms with Gasteiger partial charge in [0.1, 0.15) is 0 Å². The summed E-state index contributed by atoms with van der Waals surface area (Å²) in [6, 6.07) is 5.31. The number of hydrogen-bond donors (Lipinski definition) is 2. The average molecular weight is 349 g/mol. The summed E-state index contributed by atoms with van der Waals surface area (Å²) in [5.74, 6) is -1.96. The first kappa shape index (κ1) is 17.1. The fourth-order valence-electron chi connectivity index (χ4n) is 3.29. The maximum absolute atomic E-state index is 12.3. The lowest BCUT2D eigenvalue weighted by molar-refractivity contribution is -0.142. The number of rotatable bonds is 6. The molecule has 0 aliphatic carbocycles. The van der Waals surface area contributed by atoms with Crippen molar-refractivity contribution >= 4 is 17.8 Å². The highest BCUT2D eigenvalue weighted by Gasteiger charge is 2.40. The second kappa shape index (κ2) is 7.00. The molecule has 2 heterocycles. The standard InChI is InChI=1S/C17H19NO7/c19-15(2-1-3-16(20)21)18-7-11(12(8-18)17(22)23)10-4-5-13-14(6-10)25-9-24-13/h4-6,11-12H,1-3,7-9H2,(H,20,21)(H,22,23)/t11-,12+/m0/s1. The first-order valence-corrected chi connectivity index (χ1v) is 8.07. The Labute approximate surface area is 143 Å². The Morgan fingerprint density at radius 1 is 1.08 bits per heavy atom. The van der Waals surface area contributed by atoms with Crippen molar-refractivity contribution in [1.29, 1.82) is 0 Å². The molecule has 0 aromatic heterocycles. The number of ether oxygens (including phenoxy) is 2. The van der Waals surface area contributed by atoms with Crippen LogP contribution in [-0.4, -0.2) is 52.8 Å². The molecule has 3 rings (SSSR count). The van der Waals surface area contributed by atoms with E-state index in [1.807, 2.05) is 0 Å². The Kier molecular flexibility index (Phi) is 4.78. The molecule has 1 aromatic carbocycles. The van der Waals surface area contributed by atoms with Crippen LogP contribution in [0.25, 0.3) is 0 Å². The van der Waals surface area contributed by atoms with Crippen LogP contribution in [0.1, 0.15) is 30.7 Å². The SMILES string of the molecule is O=C(O)CCCC(=O)N1C[C@@H](C(=O)O)[C@H](c2ccc3c(c2)OCO3)C1. The number of carboxylic acids is 2. The Balaban J connectivity index is 1.71. The Morgan fingerprint density at radius 3 is 2.56 bits per heavy atom. The molecule has 1 saturated heterocycles. The predicted molar refractivity (Wildman–Crippen MR) is 84.5 cm³/mol. The zero-order valence-corrected chi connectivity index (χ0v) is 13.5. The molecular weight excluding hydrogens is 330 g/mol. The number of hydrogen-bond acceptors (Lipinski definition) is 5. The van der Waals surface area contributed by atoms with Gasteiger partial charge in [-0.05, 0) is 24.1 Å². The summed E-state index contributed by atoms with van der Waals surface area (Å²) >= 11 is 0.